The summed E-state index contributed by atoms with van der Waals surface area (Å²) in [6.45, 7) is 4.56. The first-order valence-corrected chi connectivity index (χ1v) is 10.0. The molecule has 3 heterocycles. The van der Waals surface area contributed by atoms with E-state index in [1.165, 1.54) is 11.1 Å². The number of ether oxygens (including phenoxy) is 2. The predicted octanol–water partition coefficient (Wildman–Crippen LogP) is 3.28. The van der Waals surface area contributed by atoms with Gasteiger partial charge in [-0.15, -0.1) is 0 Å². The van der Waals surface area contributed by atoms with E-state index in [1.807, 2.05) is 29.2 Å². The number of likely N-dealkylation sites (tertiary alicyclic amines) is 1. The minimum Gasteiger partial charge on any atom is -0.497 e. The summed E-state index contributed by atoms with van der Waals surface area (Å²) in [5, 5.41) is 0. The van der Waals surface area contributed by atoms with Crippen molar-refractivity contribution in [1.29, 1.82) is 0 Å². The van der Waals surface area contributed by atoms with Crippen molar-refractivity contribution in [1.82, 2.24) is 9.80 Å². The van der Waals surface area contributed by atoms with Crippen LogP contribution in [0, 0.1) is 6.92 Å². The standard InChI is InChI=1S/C23H26N2O3/c1-16-12-19(27-2)9-8-18(16)14-24-11-10-23-21(24)13-22(26)25(23)15-20(28-23)17-6-4-3-5-7-17/h3-9,12,20-21H,10-11,13-15H2,1-2H3/t20-,21-,23+/m1/s1. The van der Waals surface area contributed by atoms with Crippen LogP contribution >= 0.6 is 0 Å². The number of methoxy groups -OCH3 is 1. The summed E-state index contributed by atoms with van der Waals surface area (Å²) in [6.07, 6.45) is 1.40. The third-order valence-electron chi connectivity index (χ3n) is 6.63. The Labute approximate surface area is 165 Å². The second-order valence-electron chi connectivity index (χ2n) is 8.10. The van der Waals surface area contributed by atoms with Gasteiger partial charge in [-0.2, -0.15) is 0 Å². The SMILES string of the molecule is COc1ccc(CN2CC[C@@]34O[C@@H](c5ccccc5)CN3C(=O)C[C@@H]24)c(C)c1. The quantitative estimate of drug-likeness (QED) is 0.819. The molecule has 28 heavy (non-hydrogen) atoms. The van der Waals surface area contributed by atoms with Crippen LogP contribution < -0.4 is 4.74 Å². The second kappa shape index (κ2) is 6.61. The minimum atomic E-state index is -0.460. The maximum atomic E-state index is 12.8. The maximum Gasteiger partial charge on any atom is 0.226 e. The van der Waals surface area contributed by atoms with Crippen LogP contribution in [0.3, 0.4) is 0 Å². The van der Waals surface area contributed by atoms with Crippen molar-refractivity contribution >= 4 is 5.91 Å². The number of hydrogen-bond acceptors (Lipinski definition) is 4. The first-order chi connectivity index (χ1) is 13.6. The number of carbonyl (C=O) groups excluding carboxylic acids is 1. The van der Waals surface area contributed by atoms with E-state index in [4.69, 9.17) is 9.47 Å². The molecule has 3 saturated heterocycles. The minimum absolute atomic E-state index is 0.0318. The zero-order valence-electron chi connectivity index (χ0n) is 16.4. The summed E-state index contributed by atoms with van der Waals surface area (Å²) in [5.74, 6) is 1.10. The van der Waals surface area contributed by atoms with Gasteiger partial charge in [-0.3, -0.25) is 9.69 Å². The van der Waals surface area contributed by atoms with Gasteiger partial charge in [-0.1, -0.05) is 36.4 Å². The molecule has 5 nitrogen and oxygen atoms in total. The third-order valence-corrected chi connectivity index (χ3v) is 6.63. The molecule has 0 aromatic heterocycles. The van der Waals surface area contributed by atoms with Crippen LogP contribution in [0.4, 0.5) is 0 Å². The Morgan fingerprint density at radius 3 is 2.79 bits per heavy atom. The summed E-state index contributed by atoms with van der Waals surface area (Å²) in [5.41, 5.74) is 3.19. The summed E-state index contributed by atoms with van der Waals surface area (Å²) in [7, 11) is 1.69. The normalized spacial score (nSPS) is 29.2. The molecule has 2 aromatic carbocycles. The van der Waals surface area contributed by atoms with Gasteiger partial charge >= 0.3 is 0 Å². The van der Waals surface area contributed by atoms with Crippen LogP contribution in [0.2, 0.25) is 0 Å². The van der Waals surface area contributed by atoms with E-state index < -0.39 is 5.72 Å². The molecule has 0 aliphatic carbocycles. The molecule has 3 aliphatic heterocycles. The Bertz CT molecular complexity index is 900. The smallest absolute Gasteiger partial charge is 0.226 e. The monoisotopic (exact) mass is 378 g/mol. The van der Waals surface area contributed by atoms with E-state index >= 15 is 0 Å². The lowest BCUT2D eigenvalue weighted by atomic mass is 10.0. The molecule has 0 saturated carbocycles. The van der Waals surface area contributed by atoms with Crippen molar-refractivity contribution in [3.8, 4) is 5.75 Å². The van der Waals surface area contributed by atoms with Crippen LogP contribution in [-0.4, -0.2) is 47.7 Å². The van der Waals surface area contributed by atoms with Crippen LogP contribution in [0.1, 0.15) is 35.6 Å². The molecule has 5 heteroatoms. The topological polar surface area (TPSA) is 42.0 Å². The summed E-state index contributed by atoms with van der Waals surface area (Å²) in [4.78, 5) is 17.2. The van der Waals surface area contributed by atoms with Crippen molar-refractivity contribution in [3.63, 3.8) is 0 Å². The zero-order valence-corrected chi connectivity index (χ0v) is 16.4. The second-order valence-corrected chi connectivity index (χ2v) is 8.10. The van der Waals surface area contributed by atoms with Crippen molar-refractivity contribution < 1.29 is 14.3 Å². The molecule has 2 aromatic rings. The molecular formula is C23H26N2O3. The Morgan fingerprint density at radius 1 is 1.21 bits per heavy atom. The first-order valence-electron chi connectivity index (χ1n) is 10.0. The lowest BCUT2D eigenvalue weighted by Gasteiger charge is -2.32. The molecule has 3 atom stereocenters. The highest BCUT2D eigenvalue weighted by molar-refractivity contribution is 5.81. The average molecular weight is 378 g/mol. The number of hydrogen-bond donors (Lipinski definition) is 0. The van der Waals surface area contributed by atoms with Crippen molar-refractivity contribution in [3.05, 3.63) is 65.2 Å². The fourth-order valence-electron chi connectivity index (χ4n) is 5.13. The first kappa shape index (κ1) is 17.7. The van der Waals surface area contributed by atoms with Crippen LogP contribution in [0.25, 0.3) is 0 Å². The number of carbonyl (C=O) groups is 1. The molecule has 5 rings (SSSR count). The average Bonchev–Trinajstić information content (AvgIpc) is 3.33. The van der Waals surface area contributed by atoms with E-state index in [0.29, 0.717) is 13.0 Å². The van der Waals surface area contributed by atoms with Gasteiger partial charge in [0.15, 0.2) is 5.72 Å². The van der Waals surface area contributed by atoms with Crippen molar-refractivity contribution in [2.24, 2.45) is 0 Å². The Balaban J connectivity index is 1.39. The lowest BCUT2D eigenvalue weighted by Crippen LogP contribution is -2.47. The summed E-state index contributed by atoms with van der Waals surface area (Å²) < 4.78 is 12.0. The van der Waals surface area contributed by atoms with E-state index in [-0.39, 0.29) is 18.1 Å². The van der Waals surface area contributed by atoms with Gasteiger partial charge in [-0.25, -0.2) is 0 Å². The highest BCUT2D eigenvalue weighted by Gasteiger charge is 2.63. The largest absolute Gasteiger partial charge is 0.497 e. The number of aryl methyl sites for hydroxylation is 1. The van der Waals surface area contributed by atoms with Gasteiger partial charge in [-0.05, 0) is 35.7 Å². The highest BCUT2D eigenvalue weighted by Crippen LogP contribution is 2.50. The van der Waals surface area contributed by atoms with Crippen LogP contribution in [0.5, 0.6) is 5.75 Å². The number of benzene rings is 2. The Hall–Kier alpha value is -2.37. The molecule has 0 radical (unpaired) electrons. The number of nitrogens with zero attached hydrogens (tertiary/aromatic N) is 2. The van der Waals surface area contributed by atoms with Gasteiger partial charge in [0, 0.05) is 25.9 Å². The van der Waals surface area contributed by atoms with Crippen molar-refractivity contribution in [2.75, 3.05) is 20.2 Å². The molecule has 3 aliphatic rings. The fourth-order valence-corrected chi connectivity index (χ4v) is 5.13. The van der Waals surface area contributed by atoms with Gasteiger partial charge in [0.1, 0.15) is 11.9 Å². The fraction of sp³-hybridized carbons (Fsp3) is 0.435. The van der Waals surface area contributed by atoms with E-state index in [1.54, 1.807) is 7.11 Å². The van der Waals surface area contributed by atoms with E-state index in [0.717, 1.165) is 30.8 Å². The molecule has 0 unspecified atom stereocenters. The molecule has 1 spiro atoms. The van der Waals surface area contributed by atoms with Gasteiger partial charge in [0.05, 0.1) is 19.7 Å². The van der Waals surface area contributed by atoms with Crippen LogP contribution in [-0.2, 0) is 16.1 Å². The zero-order chi connectivity index (χ0) is 19.3. The number of amides is 1. The molecule has 0 N–H and O–H groups in total. The molecule has 146 valence electrons. The molecule has 3 fully saturated rings. The lowest BCUT2D eigenvalue weighted by molar-refractivity contribution is -0.138. The van der Waals surface area contributed by atoms with Gasteiger partial charge < -0.3 is 14.4 Å². The Morgan fingerprint density at radius 2 is 2.04 bits per heavy atom. The summed E-state index contributed by atoms with van der Waals surface area (Å²) >= 11 is 0. The van der Waals surface area contributed by atoms with Gasteiger partial charge in [0.25, 0.3) is 0 Å². The number of rotatable bonds is 4. The van der Waals surface area contributed by atoms with E-state index in [2.05, 4.69) is 36.1 Å². The molecule has 0 bridgehead atoms. The van der Waals surface area contributed by atoms with Crippen molar-refractivity contribution in [2.45, 2.75) is 44.2 Å². The predicted molar refractivity (Wildman–Crippen MR) is 106 cm³/mol. The molecular weight excluding hydrogens is 352 g/mol. The Kier molecular flexibility index (Phi) is 4.18. The van der Waals surface area contributed by atoms with E-state index in [9.17, 15) is 4.79 Å². The highest BCUT2D eigenvalue weighted by atomic mass is 16.5. The third kappa shape index (κ3) is 2.65. The maximum absolute atomic E-state index is 12.8. The van der Waals surface area contributed by atoms with Gasteiger partial charge in [0.2, 0.25) is 5.91 Å². The summed E-state index contributed by atoms with van der Waals surface area (Å²) in [6, 6.07) is 16.6. The molecule has 1 amide bonds. The van der Waals surface area contributed by atoms with Crippen LogP contribution in [0.15, 0.2) is 48.5 Å².